The second kappa shape index (κ2) is 5.34. The molecule has 1 aromatic carbocycles. The molecule has 0 aliphatic heterocycles. The Kier molecular flexibility index (Phi) is 3.61. The molecule has 0 fully saturated rings. The van der Waals surface area contributed by atoms with Crippen molar-refractivity contribution >= 4 is 12.3 Å². The summed E-state index contributed by atoms with van der Waals surface area (Å²) in [7, 11) is 2.79. The van der Waals surface area contributed by atoms with Crippen molar-refractivity contribution in [1.82, 2.24) is 9.78 Å². The summed E-state index contributed by atoms with van der Waals surface area (Å²) in [5, 5.41) is 4.03. The van der Waals surface area contributed by atoms with E-state index in [0.717, 1.165) is 0 Å². The molecule has 19 heavy (non-hydrogen) atoms. The summed E-state index contributed by atoms with van der Waals surface area (Å²) < 4.78 is 11.1. The van der Waals surface area contributed by atoms with Crippen LogP contribution in [0, 0.1) is 0 Å². The van der Waals surface area contributed by atoms with Gasteiger partial charge in [0.15, 0.2) is 6.29 Å². The number of nitrogens with zero attached hydrogens (tertiary/aromatic N) is 2. The molecule has 0 radical (unpaired) electrons. The third-order valence-corrected chi connectivity index (χ3v) is 2.62. The molecule has 0 saturated heterocycles. The normalized spacial score (nSPS) is 10.0. The smallest absolute Gasteiger partial charge is 0.341 e. The summed E-state index contributed by atoms with van der Waals surface area (Å²) in [6.45, 7) is 0. The molecule has 0 unspecified atom stereocenters. The van der Waals surface area contributed by atoms with Crippen molar-refractivity contribution in [3.63, 3.8) is 0 Å². The molecule has 98 valence electrons. The van der Waals surface area contributed by atoms with E-state index in [1.807, 2.05) is 0 Å². The van der Waals surface area contributed by atoms with Crippen LogP contribution >= 0.6 is 0 Å². The van der Waals surface area contributed by atoms with Gasteiger partial charge in [-0.1, -0.05) is 6.07 Å². The van der Waals surface area contributed by atoms with Gasteiger partial charge in [-0.05, 0) is 12.1 Å². The van der Waals surface area contributed by atoms with Gasteiger partial charge in [-0.3, -0.25) is 4.79 Å². The van der Waals surface area contributed by atoms with E-state index in [1.165, 1.54) is 18.0 Å². The number of rotatable bonds is 4. The van der Waals surface area contributed by atoms with E-state index in [2.05, 4.69) is 9.84 Å². The standard InChI is InChI=1S/C13H12N2O4/c1-18-10-5-3-4-9(6-10)15-12(8-16)11(7-14-15)13(17)19-2/h3-8H,1-2H3. The van der Waals surface area contributed by atoms with Gasteiger partial charge in [-0.25, -0.2) is 9.48 Å². The summed E-state index contributed by atoms with van der Waals surface area (Å²) in [5.41, 5.74) is 0.886. The second-order valence-corrected chi connectivity index (χ2v) is 3.67. The number of hydrogen-bond acceptors (Lipinski definition) is 5. The van der Waals surface area contributed by atoms with E-state index in [-0.39, 0.29) is 11.3 Å². The molecule has 6 nitrogen and oxygen atoms in total. The van der Waals surface area contributed by atoms with Crippen molar-refractivity contribution in [2.45, 2.75) is 0 Å². The second-order valence-electron chi connectivity index (χ2n) is 3.67. The number of esters is 1. The first kappa shape index (κ1) is 12.8. The minimum absolute atomic E-state index is 0.125. The van der Waals surface area contributed by atoms with Crippen molar-refractivity contribution in [2.75, 3.05) is 14.2 Å². The number of hydrogen-bond donors (Lipinski definition) is 0. The van der Waals surface area contributed by atoms with E-state index in [0.29, 0.717) is 17.7 Å². The van der Waals surface area contributed by atoms with Crippen LogP contribution in [0.4, 0.5) is 0 Å². The van der Waals surface area contributed by atoms with Gasteiger partial charge in [0.2, 0.25) is 0 Å². The maximum Gasteiger partial charge on any atom is 0.341 e. The van der Waals surface area contributed by atoms with Crippen molar-refractivity contribution in [3.05, 3.63) is 41.7 Å². The summed E-state index contributed by atoms with van der Waals surface area (Å²) in [4.78, 5) is 22.7. The van der Waals surface area contributed by atoms with E-state index in [1.54, 1.807) is 31.4 Å². The minimum atomic E-state index is -0.601. The number of aldehydes is 1. The number of carbonyl (C=O) groups excluding carboxylic acids is 2. The zero-order valence-corrected chi connectivity index (χ0v) is 10.5. The van der Waals surface area contributed by atoms with E-state index in [4.69, 9.17) is 4.74 Å². The van der Waals surface area contributed by atoms with Crippen LogP contribution < -0.4 is 4.74 Å². The molecule has 0 bridgehead atoms. The topological polar surface area (TPSA) is 70.4 Å². The van der Waals surface area contributed by atoms with Crippen LogP contribution in [0.5, 0.6) is 5.75 Å². The highest BCUT2D eigenvalue weighted by molar-refractivity contribution is 5.97. The molecule has 2 aromatic rings. The zero-order valence-electron chi connectivity index (χ0n) is 10.5. The third-order valence-electron chi connectivity index (χ3n) is 2.62. The Morgan fingerprint density at radius 2 is 2.16 bits per heavy atom. The highest BCUT2D eigenvalue weighted by Gasteiger charge is 2.18. The molecule has 0 spiro atoms. The first-order valence-corrected chi connectivity index (χ1v) is 5.47. The number of methoxy groups -OCH3 is 2. The van der Waals surface area contributed by atoms with E-state index >= 15 is 0 Å². The third kappa shape index (κ3) is 2.33. The molecule has 0 aliphatic rings. The lowest BCUT2D eigenvalue weighted by atomic mass is 10.2. The Labute approximate surface area is 109 Å². The van der Waals surface area contributed by atoms with Gasteiger partial charge in [0.1, 0.15) is 17.0 Å². The Balaban J connectivity index is 2.53. The summed E-state index contributed by atoms with van der Waals surface area (Å²) in [5.74, 6) is 0.0284. The van der Waals surface area contributed by atoms with Crippen molar-refractivity contribution in [2.24, 2.45) is 0 Å². The van der Waals surface area contributed by atoms with Gasteiger partial charge in [0.25, 0.3) is 0 Å². The summed E-state index contributed by atoms with van der Waals surface area (Å²) in [6.07, 6.45) is 1.87. The van der Waals surface area contributed by atoms with Crippen molar-refractivity contribution in [1.29, 1.82) is 0 Å². The summed E-state index contributed by atoms with van der Waals surface area (Å²) in [6, 6.07) is 7.00. The molecule has 0 atom stereocenters. The minimum Gasteiger partial charge on any atom is -0.497 e. The van der Waals surface area contributed by atoms with Crippen LogP contribution in [0.15, 0.2) is 30.5 Å². The van der Waals surface area contributed by atoms with Gasteiger partial charge in [0.05, 0.1) is 26.1 Å². The van der Waals surface area contributed by atoms with Gasteiger partial charge in [0, 0.05) is 6.07 Å². The van der Waals surface area contributed by atoms with Gasteiger partial charge in [-0.2, -0.15) is 5.10 Å². The zero-order chi connectivity index (χ0) is 13.8. The van der Waals surface area contributed by atoms with Crippen molar-refractivity contribution in [3.8, 4) is 11.4 Å². The molecule has 2 rings (SSSR count). The van der Waals surface area contributed by atoms with Crippen LogP contribution in [0.25, 0.3) is 5.69 Å². The molecule has 0 aliphatic carbocycles. The predicted molar refractivity (Wildman–Crippen MR) is 66.8 cm³/mol. The van der Waals surface area contributed by atoms with Gasteiger partial charge < -0.3 is 9.47 Å². The quantitative estimate of drug-likeness (QED) is 0.615. The molecular weight excluding hydrogens is 248 g/mol. The fraction of sp³-hybridized carbons (Fsp3) is 0.154. The molecule has 6 heteroatoms. The highest BCUT2D eigenvalue weighted by atomic mass is 16.5. The molecule has 1 heterocycles. The largest absolute Gasteiger partial charge is 0.497 e. The maximum absolute atomic E-state index is 11.5. The predicted octanol–water partition coefficient (Wildman–Crippen LogP) is 1.48. The number of aromatic nitrogens is 2. The van der Waals surface area contributed by atoms with Crippen LogP contribution in [0.2, 0.25) is 0 Å². The molecule has 0 saturated carbocycles. The average molecular weight is 260 g/mol. The van der Waals surface area contributed by atoms with Crippen LogP contribution in [-0.2, 0) is 4.74 Å². The molecular formula is C13H12N2O4. The first-order valence-electron chi connectivity index (χ1n) is 5.47. The van der Waals surface area contributed by atoms with Gasteiger partial charge >= 0.3 is 5.97 Å². The molecule has 0 amide bonds. The Morgan fingerprint density at radius 3 is 2.79 bits per heavy atom. The fourth-order valence-electron chi connectivity index (χ4n) is 1.69. The van der Waals surface area contributed by atoms with Crippen LogP contribution in [0.1, 0.15) is 20.8 Å². The Hall–Kier alpha value is -2.63. The molecule has 1 aromatic heterocycles. The monoisotopic (exact) mass is 260 g/mol. The summed E-state index contributed by atoms with van der Waals surface area (Å²) >= 11 is 0. The lowest BCUT2D eigenvalue weighted by Crippen LogP contribution is -2.07. The SMILES string of the molecule is COC(=O)c1cnn(-c2cccc(OC)c2)c1C=O. The van der Waals surface area contributed by atoms with Crippen LogP contribution in [-0.4, -0.2) is 36.3 Å². The highest BCUT2D eigenvalue weighted by Crippen LogP contribution is 2.19. The van der Waals surface area contributed by atoms with E-state index < -0.39 is 5.97 Å². The van der Waals surface area contributed by atoms with E-state index in [9.17, 15) is 9.59 Å². The number of ether oxygens (including phenoxy) is 2. The first-order chi connectivity index (χ1) is 9.21. The Morgan fingerprint density at radius 1 is 1.37 bits per heavy atom. The Bertz CT molecular complexity index is 619. The van der Waals surface area contributed by atoms with Gasteiger partial charge in [-0.15, -0.1) is 0 Å². The number of benzene rings is 1. The maximum atomic E-state index is 11.5. The molecule has 0 N–H and O–H groups in total. The average Bonchev–Trinajstić information content (AvgIpc) is 2.90. The number of carbonyl (C=O) groups is 2. The lowest BCUT2D eigenvalue weighted by Gasteiger charge is -2.06. The van der Waals surface area contributed by atoms with Crippen LogP contribution in [0.3, 0.4) is 0 Å². The fourth-order valence-corrected chi connectivity index (χ4v) is 1.69. The van der Waals surface area contributed by atoms with Crippen molar-refractivity contribution < 1.29 is 19.1 Å². The lowest BCUT2D eigenvalue weighted by molar-refractivity contribution is 0.0598.